The average Bonchev–Trinajstić information content (AvgIpc) is 2.37. The second kappa shape index (κ2) is 5.00. The van der Waals surface area contributed by atoms with E-state index in [0.29, 0.717) is 12.0 Å². The molecule has 0 spiro atoms. The van der Waals surface area contributed by atoms with Crippen LogP contribution < -0.4 is 10.2 Å². The number of imide groups is 1. The lowest BCUT2D eigenvalue weighted by atomic mass is 10.1. The SMILES string of the molecule is CCC(=O)c1ccc(N2CC(=O)NC(=O)C2)cc1. The van der Waals surface area contributed by atoms with Crippen LogP contribution in [-0.4, -0.2) is 30.7 Å². The van der Waals surface area contributed by atoms with Gasteiger partial charge in [-0.2, -0.15) is 0 Å². The number of ketones is 1. The molecule has 0 aromatic heterocycles. The Morgan fingerprint density at radius 1 is 1.17 bits per heavy atom. The van der Waals surface area contributed by atoms with Crippen molar-refractivity contribution in [2.45, 2.75) is 13.3 Å². The minimum atomic E-state index is -0.306. The standard InChI is InChI=1S/C13H14N2O3/c1-2-11(16)9-3-5-10(6-4-9)15-7-12(17)14-13(18)8-15/h3-6H,2,7-8H2,1H3,(H,14,17,18). The van der Waals surface area contributed by atoms with Crippen LogP contribution in [0, 0.1) is 0 Å². The Hall–Kier alpha value is -2.17. The number of hydrogen-bond acceptors (Lipinski definition) is 4. The van der Waals surface area contributed by atoms with Gasteiger partial charge in [-0.25, -0.2) is 0 Å². The normalized spacial score (nSPS) is 15.5. The van der Waals surface area contributed by atoms with E-state index in [1.165, 1.54) is 0 Å². The molecule has 1 N–H and O–H groups in total. The van der Waals surface area contributed by atoms with Crippen LogP contribution in [0.3, 0.4) is 0 Å². The predicted octanol–water partition coefficient (Wildman–Crippen LogP) is 0.742. The molecule has 2 rings (SSSR count). The van der Waals surface area contributed by atoms with E-state index in [-0.39, 0.29) is 30.7 Å². The molecule has 0 radical (unpaired) electrons. The fourth-order valence-corrected chi connectivity index (χ4v) is 1.88. The molecule has 0 aliphatic carbocycles. The summed E-state index contributed by atoms with van der Waals surface area (Å²) in [7, 11) is 0. The second-order valence-corrected chi connectivity index (χ2v) is 4.15. The summed E-state index contributed by atoms with van der Waals surface area (Å²) in [6.07, 6.45) is 0.462. The highest BCUT2D eigenvalue weighted by molar-refractivity contribution is 6.02. The number of piperazine rings is 1. The third kappa shape index (κ3) is 2.56. The molecule has 0 saturated carbocycles. The Kier molecular flexibility index (Phi) is 3.41. The molecule has 0 bridgehead atoms. The maximum Gasteiger partial charge on any atom is 0.246 e. The van der Waals surface area contributed by atoms with E-state index in [0.717, 1.165) is 5.69 Å². The molecule has 0 atom stereocenters. The van der Waals surface area contributed by atoms with Crippen LogP contribution in [0.1, 0.15) is 23.7 Å². The van der Waals surface area contributed by atoms with Crippen LogP contribution in [-0.2, 0) is 9.59 Å². The van der Waals surface area contributed by atoms with Gasteiger partial charge in [0.05, 0.1) is 13.1 Å². The summed E-state index contributed by atoms with van der Waals surface area (Å²) in [5, 5.41) is 2.24. The summed E-state index contributed by atoms with van der Waals surface area (Å²) in [6.45, 7) is 2.13. The Morgan fingerprint density at radius 3 is 2.22 bits per heavy atom. The highest BCUT2D eigenvalue weighted by atomic mass is 16.2. The van der Waals surface area contributed by atoms with E-state index in [1.54, 1.807) is 29.2 Å². The maximum absolute atomic E-state index is 11.5. The van der Waals surface area contributed by atoms with Gasteiger partial charge in [-0.05, 0) is 24.3 Å². The summed E-state index contributed by atoms with van der Waals surface area (Å²) in [5.74, 6) is -0.533. The number of Topliss-reactive ketones (excluding diaryl/α,β-unsaturated/α-hetero) is 1. The van der Waals surface area contributed by atoms with E-state index >= 15 is 0 Å². The minimum absolute atomic E-state index is 0.0778. The summed E-state index contributed by atoms with van der Waals surface area (Å²) >= 11 is 0. The zero-order valence-corrected chi connectivity index (χ0v) is 10.1. The number of carbonyl (C=O) groups is 3. The lowest BCUT2D eigenvalue weighted by molar-refractivity contribution is -0.130. The summed E-state index contributed by atoms with van der Waals surface area (Å²) in [4.78, 5) is 35.7. The smallest absolute Gasteiger partial charge is 0.246 e. The van der Waals surface area contributed by atoms with Crippen molar-refractivity contribution < 1.29 is 14.4 Å². The zero-order chi connectivity index (χ0) is 13.1. The third-order valence-electron chi connectivity index (χ3n) is 2.82. The van der Waals surface area contributed by atoms with E-state index in [4.69, 9.17) is 0 Å². The van der Waals surface area contributed by atoms with Crippen molar-refractivity contribution >= 4 is 23.3 Å². The van der Waals surface area contributed by atoms with Gasteiger partial charge >= 0.3 is 0 Å². The number of benzene rings is 1. The number of nitrogens with zero attached hydrogens (tertiary/aromatic N) is 1. The lowest BCUT2D eigenvalue weighted by Gasteiger charge is -2.27. The Balaban J connectivity index is 2.16. The maximum atomic E-state index is 11.5. The third-order valence-corrected chi connectivity index (χ3v) is 2.82. The first kappa shape index (κ1) is 12.3. The molecule has 1 aromatic carbocycles. The van der Waals surface area contributed by atoms with Crippen LogP contribution in [0.25, 0.3) is 0 Å². The van der Waals surface area contributed by atoms with Gasteiger partial charge in [-0.3, -0.25) is 19.7 Å². The van der Waals surface area contributed by atoms with Gasteiger partial charge in [-0.15, -0.1) is 0 Å². The van der Waals surface area contributed by atoms with E-state index in [2.05, 4.69) is 5.32 Å². The molecule has 1 saturated heterocycles. The molecule has 5 nitrogen and oxygen atoms in total. The van der Waals surface area contributed by atoms with Crippen molar-refractivity contribution in [3.8, 4) is 0 Å². The molecule has 5 heteroatoms. The monoisotopic (exact) mass is 246 g/mol. The molecule has 1 aromatic rings. The Morgan fingerprint density at radius 2 is 1.72 bits per heavy atom. The Bertz CT molecular complexity index is 477. The van der Waals surface area contributed by atoms with Crippen LogP contribution in [0.4, 0.5) is 5.69 Å². The van der Waals surface area contributed by atoms with Gasteiger partial charge in [0.15, 0.2) is 5.78 Å². The van der Waals surface area contributed by atoms with Gasteiger partial charge in [0.2, 0.25) is 11.8 Å². The fraction of sp³-hybridized carbons (Fsp3) is 0.308. The first-order valence-electron chi connectivity index (χ1n) is 5.81. The predicted molar refractivity (Wildman–Crippen MR) is 66.4 cm³/mol. The number of nitrogens with one attached hydrogen (secondary N) is 1. The van der Waals surface area contributed by atoms with E-state index < -0.39 is 0 Å². The molecular formula is C13H14N2O3. The number of rotatable bonds is 3. The molecule has 1 heterocycles. The average molecular weight is 246 g/mol. The quantitative estimate of drug-likeness (QED) is 0.631. The van der Waals surface area contributed by atoms with Crippen LogP contribution >= 0.6 is 0 Å². The summed E-state index contributed by atoms with van der Waals surface area (Å²) in [6, 6.07) is 6.96. The van der Waals surface area contributed by atoms with Gasteiger partial charge in [0, 0.05) is 17.7 Å². The number of anilines is 1. The molecule has 1 aliphatic rings. The van der Waals surface area contributed by atoms with Crippen LogP contribution in [0.15, 0.2) is 24.3 Å². The lowest BCUT2D eigenvalue weighted by Crippen LogP contribution is -2.51. The first-order valence-corrected chi connectivity index (χ1v) is 5.81. The van der Waals surface area contributed by atoms with Gasteiger partial charge in [0.25, 0.3) is 0 Å². The second-order valence-electron chi connectivity index (χ2n) is 4.15. The first-order chi connectivity index (χ1) is 8.60. The van der Waals surface area contributed by atoms with Crippen molar-refractivity contribution in [2.75, 3.05) is 18.0 Å². The fourth-order valence-electron chi connectivity index (χ4n) is 1.88. The van der Waals surface area contributed by atoms with Crippen molar-refractivity contribution in [2.24, 2.45) is 0 Å². The largest absolute Gasteiger partial charge is 0.353 e. The minimum Gasteiger partial charge on any atom is -0.353 e. The van der Waals surface area contributed by atoms with Crippen molar-refractivity contribution in [1.29, 1.82) is 0 Å². The number of carbonyl (C=O) groups excluding carboxylic acids is 3. The van der Waals surface area contributed by atoms with Gasteiger partial charge < -0.3 is 4.90 Å². The van der Waals surface area contributed by atoms with Crippen LogP contribution in [0.2, 0.25) is 0 Å². The highest BCUT2D eigenvalue weighted by Gasteiger charge is 2.22. The van der Waals surface area contributed by atoms with Crippen molar-refractivity contribution in [3.05, 3.63) is 29.8 Å². The highest BCUT2D eigenvalue weighted by Crippen LogP contribution is 2.17. The summed E-state index contributed by atoms with van der Waals surface area (Å²) < 4.78 is 0. The molecule has 1 fully saturated rings. The zero-order valence-electron chi connectivity index (χ0n) is 10.1. The number of amides is 2. The molecule has 94 valence electrons. The van der Waals surface area contributed by atoms with Crippen LogP contribution in [0.5, 0.6) is 0 Å². The number of hydrogen-bond donors (Lipinski definition) is 1. The molecule has 0 unspecified atom stereocenters. The Labute approximate surface area is 105 Å². The summed E-state index contributed by atoms with van der Waals surface area (Å²) in [5.41, 5.74) is 1.42. The van der Waals surface area contributed by atoms with E-state index in [1.807, 2.05) is 6.92 Å². The van der Waals surface area contributed by atoms with E-state index in [9.17, 15) is 14.4 Å². The van der Waals surface area contributed by atoms with Crippen molar-refractivity contribution in [1.82, 2.24) is 5.32 Å². The van der Waals surface area contributed by atoms with Gasteiger partial charge in [-0.1, -0.05) is 6.92 Å². The molecule has 18 heavy (non-hydrogen) atoms. The molecule has 2 amide bonds. The molecular weight excluding hydrogens is 232 g/mol. The van der Waals surface area contributed by atoms with Crippen molar-refractivity contribution in [3.63, 3.8) is 0 Å². The van der Waals surface area contributed by atoms with Gasteiger partial charge in [0.1, 0.15) is 0 Å². The molecule has 1 aliphatic heterocycles. The topological polar surface area (TPSA) is 66.5 Å².